The van der Waals surface area contributed by atoms with Crippen molar-refractivity contribution in [2.75, 3.05) is 24.9 Å². The number of aromatic nitrogens is 4. The van der Waals surface area contributed by atoms with E-state index in [1.807, 2.05) is 0 Å². The van der Waals surface area contributed by atoms with Crippen LogP contribution in [0.15, 0.2) is 73.6 Å². The van der Waals surface area contributed by atoms with Crippen molar-refractivity contribution >= 4 is 17.4 Å². The maximum Gasteiger partial charge on any atom is 0.323 e. The fraction of sp³-hybridized carbons (Fsp3) is 0.0909. The molecule has 10 heteroatoms. The zero-order chi connectivity index (χ0) is 22.3. The van der Waals surface area contributed by atoms with E-state index in [0.29, 0.717) is 40.3 Å². The number of anilines is 2. The van der Waals surface area contributed by atoms with Gasteiger partial charge in [0.25, 0.3) is 0 Å². The Hall–Kier alpha value is -4.60. The minimum Gasteiger partial charge on any atom is -0.493 e. The van der Waals surface area contributed by atoms with Gasteiger partial charge >= 0.3 is 6.03 Å². The first kappa shape index (κ1) is 20.7. The van der Waals surface area contributed by atoms with Crippen LogP contribution >= 0.6 is 0 Å². The molecule has 0 spiro atoms. The zero-order valence-electron chi connectivity index (χ0n) is 17.4. The number of nitrogens with one attached hydrogen (secondary N) is 2. The molecule has 0 radical (unpaired) electrons. The summed E-state index contributed by atoms with van der Waals surface area (Å²) in [6.45, 7) is 0. The average molecular weight is 432 g/mol. The van der Waals surface area contributed by atoms with Crippen LogP contribution in [0.1, 0.15) is 0 Å². The van der Waals surface area contributed by atoms with Crippen molar-refractivity contribution in [3.63, 3.8) is 0 Å². The number of carbonyl (C=O) groups is 1. The van der Waals surface area contributed by atoms with Gasteiger partial charge in [-0.1, -0.05) is 6.07 Å². The molecule has 162 valence electrons. The Morgan fingerprint density at radius 2 is 1.84 bits per heavy atom. The van der Waals surface area contributed by atoms with Crippen molar-refractivity contribution in [3.05, 3.63) is 73.6 Å². The van der Waals surface area contributed by atoms with Crippen molar-refractivity contribution < 1.29 is 19.0 Å². The fourth-order valence-corrected chi connectivity index (χ4v) is 2.92. The molecule has 0 aliphatic heterocycles. The molecule has 0 saturated heterocycles. The van der Waals surface area contributed by atoms with Crippen molar-refractivity contribution in [1.29, 1.82) is 0 Å². The molecule has 32 heavy (non-hydrogen) atoms. The van der Waals surface area contributed by atoms with Gasteiger partial charge in [0.2, 0.25) is 5.88 Å². The van der Waals surface area contributed by atoms with Gasteiger partial charge in [0, 0.05) is 24.1 Å². The third-order valence-electron chi connectivity index (χ3n) is 4.38. The van der Waals surface area contributed by atoms with Gasteiger partial charge in [-0.3, -0.25) is 4.57 Å². The highest BCUT2D eigenvalue weighted by Crippen LogP contribution is 2.34. The van der Waals surface area contributed by atoms with Gasteiger partial charge in [-0.15, -0.1) is 0 Å². The maximum atomic E-state index is 12.4. The van der Waals surface area contributed by atoms with Gasteiger partial charge in [0.1, 0.15) is 24.2 Å². The normalized spacial score (nSPS) is 10.3. The maximum absolute atomic E-state index is 12.4. The molecule has 2 heterocycles. The third kappa shape index (κ3) is 4.75. The molecule has 0 atom stereocenters. The fourth-order valence-electron chi connectivity index (χ4n) is 2.92. The smallest absolute Gasteiger partial charge is 0.323 e. The molecule has 2 aromatic heterocycles. The monoisotopic (exact) mass is 432 g/mol. The molecule has 0 fully saturated rings. The van der Waals surface area contributed by atoms with Crippen LogP contribution in [0.5, 0.6) is 23.1 Å². The summed E-state index contributed by atoms with van der Waals surface area (Å²) in [7, 11) is 3.04. The van der Waals surface area contributed by atoms with E-state index >= 15 is 0 Å². The van der Waals surface area contributed by atoms with E-state index in [0.717, 1.165) is 0 Å². The molecule has 2 amide bonds. The number of imidazole rings is 1. The summed E-state index contributed by atoms with van der Waals surface area (Å²) in [4.78, 5) is 24.7. The first-order chi connectivity index (χ1) is 15.7. The lowest BCUT2D eigenvalue weighted by Gasteiger charge is -2.14. The first-order valence-electron chi connectivity index (χ1n) is 9.53. The van der Waals surface area contributed by atoms with Crippen LogP contribution in [0.2, 0.25) is 0 Å². The van der Waals surface area contributed by atoms with Crippen LogP contribution in [0, 0.1) is 0 Å². The molecule has 0 aliphatic rings. The predicted molar refractivity (Wildman–Crippen MR) is 118 cm³/mol. The summed E-state index contributed by atoms with van der Waals surface area (Å²) in [5.41, 5.74) is 1.07. The summed E-state index contributed by atoms with van der Waals surface area (Å²) in [6, 6.07) is 13.4. The Kier molecular flexibility index (Phi) is 6.12. The Morgan fingerprint density at radius 3 is 2.56 bits per heavy atom. The topological polar surface area (TPSA) is 112 Å². The van der Waals surface area contributed by atoms with Crippen LogP contribution in [0.25, 0.3) is 5.82 Å². The predicted octanol–water partition coefficient (Wildman–Crippen LogP) is 4.12. The Morgan fingerprint density at radius 1 is 1.00 bits per heavy atom. The number of methoxy groups -OCH3 is 2. The lowest BCUT2D eigenvalue weighted by atomic mass is 10.2. The molecular formula is C22H20N6O4. The number of para-hydroxylation sites is 1. The Labute approximate surface area is 183 Å². The summed E-state index contributed by atoms with van der Waals surface area (Å²) in [5.74, 6) is 2.53. The lowest BCUT2D eigenvalue weighted by molar-refractivity contribution is 0.262. The highest BCUT2D eigenvalue weighted by molar-refractivity contribution is 6.01. The number of ether oxygens (including phenoxy) is 3. The number of rotatable bonds is 7. The second-order valence-electron chi connectivity index (χ2n) is 6.43. The van der Waals surface area contributed by atoms with Gasteiger partial charge in [0.15, 0.2) is 11.5 Å². The van der Waals surface area contributed by atoms with Gasteiger partial charge in [-0.25, -0.2) is 19.7 Å². The number of hydrogen-bond donors (Lipinski definition) is 2. The molecule has 0 unspecified atom stereocenters. The molecule has 10 nitrogen and oxygen atoms in total. The van der Waals surface area contributed by atoms with Crippen LogP contribution in [-0.4, -0.2) is 39.8 Å². The number of amides is 2. The summed E-state index contributed by atoms with van der Waals surface area (Å²) < 4.78 is 18.1. The third-order valence-corrected chi connectivity index (χ3v) is 4.38. The SMILES string of the molecule is COc1cccc(NC(=O)Nc2ccc(Oc3cc(-n4ccnc4)ncn3)cc2)c1OC. The van der Waals surface area contributed by atoms with Crippen LogP contribution < -0.4 is 24.8 Å². The van der Waals surface area contributed by atoms with Gasteiger partial charge in [-0.2, -0.15) is 0 Å². The van der Waals surface area contributed by atoms with E-state index in [2.05, 4.69) is 25.6 Å². The molecule has 0 saturated carbocycles. The van der Waals surface area contributed by atoms with Crippen LogP contribution in [0.4, 0.5) is 16.2 Å². The van der Waals surface area contributed by atoms with Crippen LogP contribution in [0.3, 0.4) is 0 Å². The number of urea groups is 1. The molecular weight excluding hydrogens is 412 g/mol. The van der Waals surface area contributed by atoms with E-state index in [9.17, 15) is 4.79 Å². The molecule has 4 aromatic rings. The minimum absolute atomic E-state index is 0.382. The quantitative estimate of drug-likeness (QED) is 0.452. The van der Waals surface area contributed by atoms with Crippen molar-refractivity contribution in [3.8, 4) is 28.9 Å². The first-order valence-corrected chi connectivity index (χ1v) is 9.53. The largest absolute Gasteiger partial charge is 0.493 e. The number of benzene rings is 2. The lowest BCUT2D eigenvalue weighted by Crippen LogP contribution is -2.19. The highest BCUT2D eigenvalue weighted by Gasteiger charge is 2.12. The van der Waals surface area contributed by atoms with E-state index in [1.54, 1.807) is 71.8 Å². The molecule has 4 rings (SSSR count). The van der Waals surface area contributed by atoms with Crippen LogP contribution in [-0.2, 0) is 0 Å². The number of nitrogens with zero attached hydrogens (tertiary/aromatic N) is 4. The van der Waals surface area contributed by atoms with Crippen molar-refractivity contribution in [1.82, 2.24) is 19.5 Å². The Bertz CT molecular complexity index is 1200. The zero-order valence-corrected chi connectivity index (χ0v) is 17.4. The molecule has 0 bridgehead atoms. The molecule has 0 aliphatic carbocycles. The highest BCUT2D eigenvalue weighted by atomic mass is 16.5. The summed E-state index contributed by atoms with van der Waals surface area (Å²) in [6.07, 6.45) is 6.49. The van der Waals surface area contributed by atoms with E-state index in [-0.39, 0.29) is 0 Å². The standard InChI is InChI=1S/C22H20N6O4/c1-30-18-5-3-4-17(21(18)31-2)27-22(29)26-15-6-8-16(9-7-15)32-20-12-19(24-13-25-20)28-11-10-23-14-28/h3-14H,1-2H3,(H2,26,27,29). The summed E-state index contributed by atoms with van der Waals surface area (Å²) in [5, 5.41) is 5.51. The molecule has 2 N–H and O–H groups in total. The average Bonchev–Trinajstić information content (AvgIpc) is 3.35. The van der Waals surface area contributed by atoms with E-state index in [1.165, 1.54) is 20.5 Å². The van der Waals surface area contributed by atoms with Crippen molar-refractivity contribution in [2.24, 2.45) is 0 Å². The van der Waals surface area contributed by atoms with E-state index in [4.69, 9.17) is 14.2 Å². The number of hydrogen-bond acceptors (Lipinski definition) is 7. The minimum atomic E-state index is -0.425. The second kappa shape index (κ2) is 9.47. The van der Waals surface area contributed by atoms with E-state index < -0.39 is 6.03 Å². The van der Waals surface area contributed by atoms with Crippen molar-refractivity contribution in [2.45, 2.75) is 0 Å². The van der Waals surface area contributed by atoms with Gasteiger partial charge in [-0.05, 0) is 36.4 Å². The summed E-state index contributed by atoms with van der Waals surface area (Å²) >= 11 is 0. The second-order valence-corrected chi connectivity index (χ2v) is 6.43. The van der Waals surface area contributed by atoms with Gasteiger partial charge < -0.3 is 24.8 Å². The Balaban J connectivity index is 1.39. The molecule has 2 aromatic carbocycles. The number of carbonyl (C=O) groups excluding carboxylic acids is 1. The van der Waals surface area contributed by atoms with Gasteiger partial charge in [0.05, 0.1) is 19.9 Å².